The van der Waals surface area contributed by atoms with Crippen molar-refractivity contribution in [3.8, 4) is 0 Å². The Morgan fingerprint density at radius 3 is 2.53 bits per heavy atom. The van der Waals surface area contributed by atoms with Crippen molar-refractivity contribution < 1.29 is 9.59 Å². The van der Waals surface area contributed by atoms with E-state index in [4.69, 9.17) is 11.6 Å². The second-order valence-corrected chi connectivity index (χ2v) is 11.4. The Morgan fingerprint density at radius 1 is 1.16 bits per heavy atom. The van der Waals surface area contributed by atoms with Gasteiger partial charge in [-0.1, -0.05) is 24.4 Å². The van der Waals surface area contributed by atoms with Crippen molar-refractivity contribution in [3.63, 3.8) is 0 Å². The molecule has 1 heterocycles. The number of piperazine rings is 1. The van der Waals surface area contributed by atoms with E-state index in [-0.39, 0.29) is 23.8 Å². The number of halogens is 1. The van der Waals surface area contributed by atoms with Crippen LogP contribution < -0.4 is 5.32 Å². The van der Waals surface area contributed by atoms with Crippen LogP contribution in [0.2, 0.25) is 5.02 Å². The van der Waals surface area contributed by atoms with Gasteiger partial charge in [0.1, 0.15) is 0 Å². The predicted octanol–water partition coefficient (Wildman–Crippen LogP) is 4.95. The van der Waals surface area contributed by atoms with Gasteiger partial charge in [0.2, 0.25) is 11.8 Å². The Labute approximate surface area is 201 Å². The van der Waals surface area contributed by atoms with Crippen LogP contribution in [0.25, 0.3) is 0 Å². The molecule has 2 saturated carbocycles. The lowest BCUT2D eigenvalue weighted by Gasteiger charge is -2.41. The van der Waals surface area contributed by atoms with Crippen molar-refractivity contribution in [2.24, 2.45) is 11.8 Å². The molecular weight excluding hydrogens is 442 g/mol. The summed E-state index contributed by atoms with van der Waals surface area (Å²) < 4.78 is 0. The predicted molar refractivity (Wildman–Crippen MR) is 133 cm³/mol. The molecule has 0 spiro atoms. The Kier molecular flexibility index (Phi) is 7.73. The second kappa shape index (κ2) is 10.4. The molecule has 1 atom stereocenters. The lowest BCUT2D eigenvalue weighted by atomic mass is 9.84. The highest BCUT2D eigenvalue weighted by atomic mass is 35.5. The molecule has 5 nitrogen and oxygen atoms in total. The van der Waals surface area contributed by atoms with Crippen molar-refractivity contribution in [1.82, 2.24) is 9.80 Å². The fourth-order valence-corrected chi connectivity index (χ4v) is 6.48. The summed E-state index contributed by atoms with van der Waals surface area (Å²) in [5.41, 5.74) is 3.06. The molecule has 1 aliphatic heterocycles. The van der Waals surface area contributed by atoms with Crippen LogP contribution in [-0.4, -0.2) is 58.8 Å². The number of benzene rings is 1. The quantitative estimate of drug-likeness (QED) is 0.629. The number of carbonyl (C=O) groups excluding carboxylic acids is 2. The number of hydrogen-bond donors (Lipinski definition) is 1. The first kappa shape index (κ1) is 23.9. The minimum Gasteiger partial charge on any atom is -0.337 e. The summed E-state index contributed by atoms with van der Waals surface area (Å²) in [6.07, 6.45) is 8.52. The van der Waals surface area contributed by atoms with Gasteiger partial charge in [-0.25, -0.2) is 0 Å². The first-order chi connectivity index (χ1) is 15.4. The maximum atomic E-state index is 12.9. The van der Waals surface area contributed by atoms with Gasteiger partial charge < -0.3 is 10.2 Å². The molecule has 1 aromatic rings. The number of carbonyl (C=O) groups is 2. The molecule has 32 heavy (non-hydrogen) atoms. The van der Waals surface area contributed by atoms with E-state index in [9.17, 15) is 9.59 Å². The number of rotatable bonds is 6. The molecule has 7 heteroatoms. The van der Waals surface area contributed by atoms with Gasteiger partial charge >= 0.3 is 0 Å². The van der Waals surface area contributed by atoms with Crippen molar-refractivity contribution in [1.29, 1.82) is 0 Å². The maximum Gasteiger partial charge on any atom is 0.227 e. The minimum atomic E-state index is 0.110. The number of thioether (sulfide) groups is 1. The number of amides is 2. The normalized spacial score (nSPS) is 26.8. The monoisotopic (exact) mass is 477 g/mol. The fourth-order valence-electron chi connectivity index (χ4n) is 5.39. The Bertz CT molecular complexity index is 852. The standard InChI is InChI=1S/C25H36ClN3O2S/c1-16-14-28(8-9-29(16)25(31)18-6-4-5-7-18)15-20-10-21(26)13-23(17(20)2)27-24(30)19-11-22(12-19)32-3/h10,13,16,18-19,22H,4-9,11-12,14-15H2,1-3H3,(H,27,30)/t16-,19?,22?/m0/s1. The summed E-state index contributed by atoms with van der Waals surface area (Å²) in [6.45, 7) is 7.53. The molecule has 1 saturated heterocycles. The van der Waals surface area contributed by atoms with Crippen LogP contribution in [-0.2, 0) is 16.1 Å². The van der Waals surface area contributed by atoms with Crippen LogP contribution in [0.4, 0.5) is 5.69 Å². The largest absolute Gasteiger partial charge is 0.337 e. The highest BCUT2D eigenvalue weighted by Crippen LogP contribution is 2.37. The third-order valence-corrected chi connectivity index (χ3v) is 8.90. The van der Waals surface area contributed by atoms with Gasteiger partial charge in [0.15, 0.2) is 0 Å². The molecule has 1 N–H and O–H groups in total. The zero-order valence-electron chi connectivity index (χ0n) is 19.5. The highest BCUT2D eigenvalue weighted by Gasteiger charge is 2.35. The smallest absolute Gasteiger partial charge is 0.227 e. The number of anilines is 1. The van der Waals surface area contributed by atoms with Crippen LogP contribution in [0.3, 0.4) is 0 Å². The van der Waals surface area contributed by atoms with Gasteiger partial charge in [0.05, 0.1) is 0 Å². The van der Waals surface area contributed by atoms with Crippen LogP contribution in [0.15, 0.2) is 12.1 Å². The molecule has 0 unspecified atom stereocenters. The zero-order chi connectivity index (χ0) is 22.8. The summed E-state index contributed by atoms with van der Waals surface area (Å²) in [5, 5.41) is 4.40. The van der Waals surface area contributed by atoms with Crippen molar-refractivity contribution >= 4 is 40.9 Å². The molecule has 3 fully saturated rings. The van der Waals surface area contributed by atoms with E-state index in [1.165, 1.54) is 12.8 Å². The van der Waals surface area contributed by atoms with Crippen LogP contribution in [0, 0.1) is 18.8 Å². The minimum absolute atomic E-state index is 0.110. The first-order valence-electron chi connectivity index (χ1n) is 12.0. The third-order valence-electron chi connectivity index (χ3n) is 7.63. The summed E-state index contributed by atoms with van der Waals surface area (Å²) in [7, 11) is 0. The van der Waals surface area contributed by atoms with Gasteiger partial charge in [-0.05, 0) is 69.0 Å². The molecule has 0 bridgehead atoms. The van der Waals surface area contributed by atoms with E-state index in [0.29, 0.717) is 16.2 Å². The molecule has 4 rings (SSSR count). The van der Waals surface area contributed by atoms with Crippen molar-refractivity contribution in [2.45, 2.75) is 70.2 Å². The fraction of sp³-hybridized carbons (Fsp3) is 0.680. The molecule has 176 valence electrons. The van der Waals surface area contributed by atoms with E-state index in [2.05, 4.69) is 35.2 Å². The van der Waals surface area contributed by atoms with E-state index in [0.717, 1.165) is 68.7 Å². The summed E-state index contributed by atoms with van der Waals surface area (Å²) in [4.78, 5) is 30.1. The Hall–Kier alpha value is -1.24. The highest BCUT2D eigenvalue weighted by molar-refractivity contribution is 7.99. The Morgan fingerprint density at radius 2 is 1.88 bits per heavy atom. The maximum absolute atomic E-state index is 12.9. The first-order valence-corrected chi connectivity index (χ1v) is 13.7. The summed E-state index contributed by atoms with van der Waals surface area (Å²) in [5.74, 6) is 0.824. The third kappa shape index (κ3) is 5.28. The summed E-state index contributed by atoms with van der Waals surface area (Å²) in [6, 6.07) is 4.10. The zero-order valence-corrected chi connectivity index (χ0v) is 21.1. The van der Waals surface area contributed by atoms with Gasteiger partial charge in [0.25, 0.3) is 0 Å². The number of nitrogens with one attached hydrogen (secondary N) is 1. The van der Waals surface area contributed by atoms with Crippen LogP contribution in [0.1, 0.15) is 56.6 Å². The average molecular weight is 478 g/mol. The van der Waals surface area contributed by atoms with Gasteiger partial charge in [-0.3, -0.25) is 14.5 Å². The summed E-state index contributed by atoms with van der Waals surface area (Å²) >= 11 is 8.28. The van der Waals surface area contributed by atoms with Gasteiger partial charge in [0, 0.05) is 60.0 Å². The average Bonchev–Trinajstić information content (AvgIpc) is 3.25. The molecule has 3 aliphatic rings. The molecule has 2 aliphatic carbocycles. The SMILES string of the molecule is CSC1CC(C(=O)Nc2cc(Cl)cc(CN3CCN(C(=O)C4CCCC4)[C@@H](C)C3)c2C)C1. The lowest BCUT2D eigenvalue weighted by Crippen LogP contribution is -2.54. The Balaban J connectivity index is 1.37. The van der Waals surface area contributed by atoms with E-state index in [1.807, 2.05) is 23.9 Å². The lowest BCUT2D eigenvalue weighted by molar-refractivity contribution is -0.140. The molecule has 0 radical (unpaired) electrons. The van der Waals surface area contributed by atoms with Gasteiger partial charge in [-0.2, -0.15) is 11.8 Å². The second-order valence-electron chi connectivity index (χ2n) is 9.85. The van der Waals surface area contributed by atoms with E-state index < -0.39 is 0 Å². The van der Waals surface area contributed by atoms with Crippen LogP contribution >= 0.6 is 23.4 Å². The number of nitrogens with zero attached hydrogens (tertiary/aromatic N) is 2. The molecule has 2 amide bonds. The topological polar surface area (TPSA) is 52.7 Å². The van der Waals surface area contributed by atoms with Crippen molar-refractivity contribution in [2.75, 3.05) is 31.2 Å². The van der Waals surface area contributed by atoms with E-state index in [1.54, 1.807) is 0 Å². The number of hydrogen-bond acceptors (Lipinski definition) is 4. The van der Waals surface area contributed by atoms with Gasteiger partial charge in [-0.15, -0.1) is 0 Å². The molecular formula is C25H36ClN3O2S. The molecule has 0 aromatic heterocycles. The molecule has 1 aromatic carbocycles. The van der Waals surface area contributed by atoms with Crippen molar-refractivity contribution in [3.05, 3.63) is 28.3 Å². The van der Waals surface area contributed by atoms with Crippen LogP contribution in [0.5, 0.6) is 0 Å². The van der Waals surface area contributed by atoms with E-state index >= 15 is 0 Å².